The van der Waals surface area contributed by atoms with Crippen LogP contribution in [0.4, 0.5) is 0 Å². The minimum atomic E-state index is -0.710. The quantitative estimate of drug-likeness (QED) is 0.204. The molecule has 0 aliphatic carbocycles. The molecule has 4 aromatic rings. The molecule has 2 heterocycles. The zero-order valence-electron chi connectivity index (χ0n) is 21.5. The fourth-order valence-corrected chi connectivity index (χ4v) is 6.28. The molecule has 39 heavy (non-hydrogen) atoms. The molecule has 0 spiro atoms. The van der Waals surface area contributed by atoms with Gasteiger partial charge >= 0.3 is 5.97 Å². The number of esters is 1. The zero-order chi connectivity index (χ0) is 27.5. The second-order valence-corrected chi connectivity index (χ2v) is 11.4. The highest BCUT2D eigenvalue weighted by molar-refractivity contribution is 9.10. The minimum absolute atomic E-state index is 0.204. The first-order chi connectivity index (χ1) is 18.9. The van der Waals surface area contributed by atoms with Gasteiger partial charge in [-0.2, -0.15) is 0 Å². The molecule has 1 aliphatic heterocycles. The number of nitrogens with zero attached hydrogens (tertiary/aromatic N) is 2. The molecule has 1 aromatic heterocycles. The lowest BCUT2D eigenvalue weighted by Gasteiger charge is -2.26. The van der Waals surface area contributed by atoms with Crippen LogP contribution in [0.25, 0.3) is 11.8 Å². The smallest absolute Gasteiger partial charge is 0.338 e. The maximum absolute atomic E-state index is 14.0. The van der Waals surface area contributed by atoms with Gasteiger partial charge in [-0.1, -0.05) is 69.7 Å². The van der Waals surface area contributed by atoms with E-state index in [0.29, 0.717) is 26.4 Å². The van der Waals surface area contributed by atoms with Crippen molar-refractivity contribution in [2.45, 2.75) is 17.9 Å². The van der Waals surface area contributed by atoms with Crippen LogP contribution in [-0.2, 0) is 9.53 Å². The van der Waals surface area contributed by atoms with Crippen molar-refractivity contribution in [1.29, 1.82) is 0 Å². The third-order valence-electron chi connectivity index (χ3n) is 6.28. The normalized spacial score (nSPS) is 15.1. The van der Waals surface area contributed by atoms with Gasteiger partial charge < -0.3 is 9.47 Å². The number of thiazole rings is 1. The Morgan fingerprint density at radius 3 is 2.54 bits per heavy atom. The van der Waals surface area contributed by atoms with Crippen LogP contribution < -0.4 is 19.6 Å². The van der Waals surface area contributed by atoms with Crippen LogP contribution in [0.15, 0.2) is 97.5 Å². The Hall–Kier alpha value is -3.40. The summed E-state index contributed by atoms with van der Waals surface area (Å²) in [7, 11) is 1.60. The third-order valence-corrected chi connectivity index (χ3v) is 8.50. The predicted octanol–water partition coefficient (Wildman–Crippen LogP) is 5.43. The van der Waals surface area contributed by atoms with Gasteiger partial charge in [0.25, 0.3) is 5.56 Å². The van der Waals surface area contributed by atoms with E-state index < -0.39 is 12.0 Å². The molecular formula is C30H25BrN2O4S2. The highest BCUT2D eigenvalue weighted by atomic mass is 79.9. The summed E-state index contributed by atoms with van der Waals surface area (Å²) in [5.74, 6) is 0.146. The number of ether oxygens (including phenoxy) is 2. The summed E-state index contributed by atoms with van der Waals surface area (Å²) in [5.41, 5.74) is 2.92. The highest BCUT2D eigenvalue weighted by Gasteiger charge is 2.35. The van der Waals surface area contributed by atoms with Crippen LogP contribution in [0.1, 0.15) is 29.7 Å². The first-order valence-electron chi connectivity index (χ1n) is 12.2. The van der Waals surface area contributed by atoms with Gasteiger partial charge in [0.1, 0.15) is 5.75 Å². The van der Waals surface area contributed by atoms with Gasteiger partial charge in [-0.05, 0) is 55.2 Å². The van der Waals surface area contributed by atoms with Crippen LogP contribution in [0.3, 0.4) is 0 Å². The molecule has 0 saturated carbocycles. The molecule has 0 saturated heterocycles. The van der Waals surface area contributed by atoms with Gasteiger partial charge in [0.2, 0.25) is 0 Å². The number of methoxy groups -OCH3 is 1. The van der Waals surface area contributed by atoms with Crippen molar-refractivity contribution in [1.82, 2.24) is 4.57 Å². The van der Waals surface area contributed by atoms with Crippen molar-refractivity contribution in [3.8, 4) is 5.75 Å². The number of thioether (sulfide) groups is 1. The summed E-state index contributed by atoms with van der Waals surface area (Å²) in [5, 5.41) is 0. The van der Waals surface area contributed by atoms with Crippen LogP contribution in [-0.4, -0.2) is 30.5 Å². The SMILES string of the molecule is CCOC(=O)C1=C(c2ccccc2)N=c2s/c(=C\c3cc(Br)ccc3OC)c(=O)n2[C@@H]1c1ccc(SC)cc1. The molecule has 0 radical (unpaired) electrons. The van der Waals surface area contributed by atoms with E-state index in [9.17, 15) is 9.59 Å². The Bertz CT molecular complexity index is 1740. The number of rotatable bonds is 7. The van der Waals surface area contributed by atoms with E-state index in [-0.39, 0.29) is 12.2 Å². The average Bonchev–Trinajstić information content (AvgIpc) is 3.27. The average molecular weight is 622 g/mol. The number of aromatic nitrogens is 1. The summed E-state index contributed by atoms with van der Waals surface area (Å²) in [6.07, 6.45) is 3.81. The molecule has 5 rings (SSSR count). The molecule has 0 N–H and O–H groups in total. The van der Waals surface area contributed by atoms with Gasteiger partial charge in [-0.15, -0.1) is 11.8 Å². The standard InChI is InChI=1S/C30H25BrN2O4S2/c1-4-37-29(35)25-26(18-8-6-5-7-9-18)32-30-33(27(25)19-10-13-22(38-3)14-11-19)28(34)24(39-30)17-20-16-21(31)12-15-23(20)36-2/h5-17,27H,4H2,1-3H3/b24-17-/t27-/m1/s1. The third kappa shape index (κ3) is 5.39. The molecule has 6 nitrogen and oxygen atoms in total. The topological polar surface area (TPSA) is 69.9 Å². The Morgan fingerprint density at radius 2 is 1.87 bits per heavy atom. The molecule has 1 aliphatic rings. The van der Waals surface area contributed by atoms with Gasteiger partial charge in [0, 0.05) is 20.5 Å². The number of carbonyl (C=O) groups excluding carboxylic acids is 1. The molecular weight excluding hydrogens is 596 g/mol. The monoisotopic (exact) mass is 620 g/mol. The van der Waals surface area contributed by atoms with E-state index in [0.717, 1.165) is 26.1 Å². The van der Waals surface area contributed by atoms with E-state index in [1.165, 1.54) is 11.3 Å². The highest BCUT2D eigenvalue weighted by Crippen LogP contribution is 2.35. The lowest BCUT2D eigenvalue weighted by Crippen LogP contribution is -2.40. The first kappa shape index (κ1) is 27.2. The number of halogens is 1. The second kappa shape index (κ2) is 11.8. The summed E-state index contributed by atoms with van der Waals surface area (Å²) in [4.78, 5) is 34.0. The van der Waals surface area contributed by atoms with Crippen LogP contribution in [0, 0.1) is 0 Å². The molecule has 198 valence electrons. The van der Waals surface area contributed by atoms with Crippen molar-refractivity contribution < 1.29 is 14.3 Å². The fraction of sp³-hybridized carbons (Fsp3) is 0.167. The van der Waals surface area contributed by atoms with Gasteiger partial charge in [-0.25, -0.2) is 9.79 Å². The number of benzene rings is 3. The Kier molecular flexibility index (Phi) is 8.20. The summed E-state index contributed by atoms with van der Waals surface area (Å²) < 4.78 is 14.0. The second-order valence-electron chi connectivity index (χ2n) is 8.59. The van der Waals surface area contributed by atoms with Crippen molar-refractivity contribution in [3.63, 3.8) is 0 Å². The van der Waals surface area contributed by atoms with Crippen molar-refractivity contribution in [2.75, 3.05) is 20.0 Å². The van der Waals surface area contributed by atoms with E-state index in [2.05, 4.69) is 15.9 Å². The summed E-state index contributed by atoms with van der Waals surface area (Å²) >= 11 is 6.41. The Morgan fingerprint density at radius 1 is 1.13 bits per heavy atom. The van der Waals surface area contributed by atoms with Crippen LogP contribution in [0.5, 0.6) is 5.75 Å². The predicted molar refractivity (Wildman–Crippen MR) is 160 cm³/mol. The van der Waals surface area contributed by atoms with Crippen molar-refractivity contribution in [3.05, 3.63) is 119 Å². The molecule has 3 aromatic carbocycles. The summed E-state index contributed by atoms with van der Waals surface area (Å²) in [6, 6.07) is 22.3. The lowest BCUT2D eigenvalue weighted by molar-refractivity contribution is -0.138. The van der Waals surface area contributed by atoms with E-state index in [1.807, 2.05) is 79.1 Å². The molecule has 1 atom stereocenters. The fourth-order valence-electron chi connectivity index (χ4n) is 4.50. The molecule has 0 bridgehead atoms. The van der Waals surface area contributed by atoms with Gasteiger partial charge in [0.15, 0.2) is 4.80 Å². The van der Waals surface area contributed by atoms with E-state index in [4.69, 9.17) is 14.5 Å². The minimum Gasteiger partial charge on any atom is -0.496 e. The maximum atomic E-state index is 14.0. The first-order valence-corrected chi connectivity index (χ1v) is 15.0. The lowest BCUT2D eigenvalue weighted by atomic mass is 9.93. The van der Waals surface area contributed by atoms with E-state index in [1.54, 1.807) is 36.4 Å². The number of fused-ring (bicyclic) bond motifs is 1. The summed E-state index contributed by atoms with van der Waals surface area (Å²) in [6.45, 7) is 1.97. The number of hydrogen-bond donors (Lipinski definition) is 0. The largest absolute Gasteiger partial charge is 0.496 e. The molecule has 0 amide bonds. The zero-order valence-corrected chi connectivity index (χ0v) is 24.7. The maximum Gasteiger partial charge on any atom is 0.338 e. The molecule has 0 unspecified atom stereocenters. The van der Waals surface area contributed by atoms with Gasteiger partial charge in [0.05, 0.1) is 35.6 Å². The Labute approximate surface area is 242 Å². The van der Waals surface area contributed by atoms with E-state index >= 15 is 0 Å². The van der Waals surface area contributed by atoms with Crippen LogP contribution in [0.2, 0.25) is 0 Å². The Balaban J connectivity index is 1.83. The van der Waals surface area contributed by atoms with Crippen LogP contribution >= 0.6 is 39.0 Å². The van der Waals surface area contributed by atoms with Gasteiger partial charge in [-0.3, -0.25) is 9.36 Å². The molecule has 0 fully saturated rings. The molecule has 9 heteroatoms. The van der Waals surface area contributed by atoms with Crippen molar-refractivity contribution >= 4 is 56.8 Å². The number of carbonyl (C=O) groups is 1. The van der Waals surface area contributed by atoms with Crippen molar-refractivity contribution in [2.24, 2.45) is 4.99 Å². The number of hydrogen-bond acceptors (Lipinski definition) is 7.